The number of nitriles is 1. The van der Waals surface area contributed by atoms with Crippen LogP contribution in [-0.4, -0.2) is 15.7 Å². The maximum Gasteiger partial charge on any atom is 0.220 e. The fourth-order valence-corrected chi connectivity index (χ4v) is 4.38. The Morgan fingerprint density at radius 2 is 2.00 bits per heavy atom. The molecule has 28 heavy (non-hydrogen) atoms. The third-order valence-electron chi connectivity index (χ3n) is 5.92. The normalized spacial score (nSPS) is 15.3. The number of carbonyl (C=O) groups excluding carboxylic acids is 1. The topological polar surface area (TPSA) is 70.7 Å². The molecule has 1 unspecified atom stereocenters. The number of aromatic nitrogens is 2. The highest BCUT2D eigenvalue weighted by Crippen LogP contribution is 2.35. The van der Waals surface area contributed by atoms with Gasteiger partial charge >= 0.3 is 0 Å². The van der Waals surface area contributed by atoms with Gasteiger partial charge in [0.15, 0.2) is 0 Å². The fourth-order valence-electron chi connectivity index (χ4n) is 4.38. The van der Waals surface area contributed by atoms with Crippen molar-refractivity contribution < 1.29 is 4.79 Å². The summed E-state index contributed by atoms with van der Waals surface area (Å²) in [5, 5.41) is 16.6. The van der Waals surface area contributed by atoms with Crippen LogP contribution in [-0.2, 0) is 17.8 Å². The molecule has 1 atom stereocenters. The summed E-state index contributed by atoms with van der Waals surface area (Å²) in [7, 11) is 0. The van der Waals surface area contributed by atoms with Crippen LogP contribution in [0.25, 0.3) is 0 Å². The molecule has 1 aromatic carbocycles. The van der Waals surface area contributed by atoms with Crippen molar-refractivity contribution >= 4 is 5.91 Å². The smallest absolute Gasteiger partial charge is 0.220 e. The van der Waals surface area contributed by atoms with E-state index in [2.05, 4.69) is 28.6 Å². The summed E-state index contributed by atoms with van der Waals surface area (Å²) in [4.78, 5) is 12.8. The minimum atomic E-state index is 0.101. The number of nitrogens with one attached hydrogen (secondary N) is 1. The van der Waals surface area contributed by atoms with E-state index < -0.39 is 0 Å². The minimum Gasteiger partial charge on any atom is -0.349 e. The second-order valence-electron chi connectivity index (χ2n) is 7.78. The van der Waals surface area contributed by atoms with Gasteiger partial charge in [-0.1, -0.05) is 43.2 Å². The SMILES string of the molecule is Cc1nn(CCC#N)c(C)c1CCC(=O)NC(c1ccccc1)C1CCCC1. The number of amides is 1. The Morgan fingerprint density at radius 3 is 2.68 bits per heavy atom. The van der Waals surface area contributed by atoms with E-state index in [1.165, 1.54) is 31.2 Å². The van der Waals surface area contributed by atoms with Gasteiger partial charge in [0.25, 0.3) is 0 Å². The lowest BCUT2D eigenvalue weighted by Gasteiger charge is -2.25. The molecule has 0 spiro atoms. The third-order valence-corrected chi connectivity index (χ3v) is 5.92. The molecule has 1 aliphatic carbocycles. The second-order valence-corrected chi connectivity index (χ2v) is 7.78. The van der Waals surface area contributed by atoms with Gasteiger partial charge < -0.3 is 5.32 Å². The lowest BCUT2D eigenvalue weighted by Crippen LogP contribution is -2.32. The molecule has 1 heterocycles. The quantitative estimate of drug-likeness (QED) is 0.740. The summed E-state index contributed by atoms with van der Waals surface area (Å²) in [6.07, 6.45) is 6.47. The Hall–Kier alpha value is -2.61. The Bertz CT molecular complexity index is 828. The van der Waals surface area contributed by atoms with Gasteiger partial charge in [0.2, 0.25) is 5.91 Å². The van der Waals surface area contributed by atoms with Gasteiger partial charge in [-0.25, -0.2) is 0 Å². The molecule has 5 heteroatoms. The number of aryl methyl sites for hydroxylation is 2. The zero-order valence-electron chi connectivity index (χ0n) is 16.9. The number of rotatable bonds is 8. The van der Waals surface area contributed by atoms with Crippen LogP contribution >= 0.6 is 0 Å². The zero-order valence-corrected chi connectivity index (χ0v) is 16.9. The molecule has 1 amide bonds. The molecule has 1 N–H and O–H groups in total. The van der Waals surface area contributed by atoms with E-state index in [0.29, 0.717) is 31.7 Å². The summed E-state index contributed by atoms with van der Waals surface area (Å²) in [6, 6.07) is 12.6. The first kappa shape index (κ1) is 20.1. The molecular formula is C23H30N4O. The number of nitrogens with zero attached hydrogens (tertiary/aromatic N) is 3. The number of hydrogen-bond donors (Lipinski definition) is 1. The summed E-state index contributed by atoms with van der Waals surface area (Å²) in [6.45, 7) is 4.61. The van der Waals surface area contributed by atoms with Crippen LogP contribution in [0.3, 0.4) is 0 Å². The summed E-state index contributed by atoms with van der Waals surface area (Å²) in [5.41, 5.74) is 4.36. The molecule has 0 aliphatic heterocycles. The average molecular weight is 379 g/mol. The third kappa shape index (κ3) is 4.81. The lowest BCUT2D eigenvalue weighted by atomic mass is 9.91. The van der Waals surface area contributed by atoms with Crippen LogP contribution in [0.1, 0.15) is 67.1 Å². The Balaban J connectivity index is 1.64. The molecule has 0 radical (unpaired) electrons. The Morgan fingerprint density at radius 1 is 1.29 bits per heavy atom. The molecule has 3 rings (SSSR count). The molecule has 0 saturated heterocycles. The highest BCUT2D eigenvalue weighted by Gasteiger charge is 2.27. The van der Waals surface area contributed by atoms with E-state index in [-0.39, 0.29) is 11.9 Å². The molecule has 1 aliphatic rings. The van der Waals surface area contributed by atoms with Crippen molar-refractivity contribution in [3.8, 4) is 6.07 Å². The Kier molecular flexibility index (Phi) is 6.86. The van der Waals surface area contributed by atoms with Crippen LogP contribution in [0.2, 0.25) is 0 Å². The largest absolute Gasteiger partial charge is 0.349 e. The first-order valence-electron chi connectivity index (χ1n) is 10.3. The predicted molar refractivity (Wildman–Crippen MR) is 110 cm³/mol. The first-order valence-corrected chi connectivity index (χ1v) is 10.3. The van der Waals surface area contributed by atoms with E-state index >= 15 is 0 Å². The highest BCUT2D eigenvalue weighted by molar-refractivity contribution is 5.76. The summed E-state index contributed by atoms with van der Waals surface area (Å²) >= 11 is 0. The van der Waals surface area contributed by atoms with Gasteiger partial charge in [0.1, 0.15) is 0 Å². The van der Waals surface area contributed by atoms with Gasteiger partial charge in [-0.15, -0.1) is 0 Å². The molecule has 1 aromatic heterocycles. The van der Waals surface area contributed by atoms with Crippen LogP contribution in [0.15, 0.2) is 30.3 Å². The molecule has 148 valence electrons. The van der Waals surface area contributed by atoms with Crippen LogP contribution in [0, 0.1) is 31.1 Å². The van der Waals surface area contributed by atoms with E-state index in [1.54, 1.807) is 0 Å². The zero-order chi connectivity index (χ0) is 19.9. The van der Waals surface area contributed by atoms with Crippen molar-refractivity contribution in [3.63, 3.8) is 0 Å². The van der Waals surface area contributed by atoms with Crippen LogP contribution in [0.4, 0.5) is 0 Å². The van der Waals surface area contributed by atoms with Crippen LogP contribution in [0.5, 0.6) is 0 Å². The molecule has 5 nitrogen and oxygen atoms in total. The molecule has 1 saturated carbocycles. The van der Waals surface area contributed by atoms with Crippen molar-refractivity contribution in [1.82, 2.24) is 15.1 Å². The van der Waals surface area contributed by atoms with Gasteiger partial charge in [0, 0.05) is 12.1 Å². The van der Waals surface area contributed by atoms with E-state index in [0.717, 1.165) is 17.0 Å². The van der Waals surface area contributed by atoms with Crippen molar-refractivity contribution in [1.29, 1.82) is 5.26 Å². The second kappa shape index (κ2) is 9.54. The van der Waals surface area contributed by atoms with Crippen molar-refractivity contribution in [3.05, 3.63) is 52.8 Å². The maximum absolute atomic E-state index is 12.8. The Labute approximate surface area is 167 Å². The number of hydrogen-bond acceptors (Lipinski definition) is 3. The predicted octanol–water partition coefficient (Wildman–Crippen LogP) is 4.39. The average Bonchev–Trinajstić information content (AvgIpc) is 3.32. The summed E-state index contributed by atoms with van der Waals surface area (Å²) < 4.78 is 1.89. The van der Waals surface area contributed by atoms with Crippen molar-refractivity contribution in [2.75, 3.05) is 0 Å². The summed E-state index contributed by atoms with van der Waals surface area (Å²) in [5.74, 6) is 0.632. The minimum absolute atomic E-state index is 0.101. The first-order chi connectivity index (χ1) is 13.6. The fraction of sp³-hybridized carbons (Fsp3) is 0.522. The number of carbonyl (C=O) groups is 1. The van der Waals surface area contributed by atoms with Gasteiger partial charge in [0.05, 0.1) is 30.8 Å². The standard InChI is InChI=1S/C23H30N4O/c1-17-21(18(2)27(26-17)16-8-15-24)13-14-22(28)25-23(20-11-6-7-12-20)19-9-4-3-5-10-19/h3-5,9-10,20,23H,6-8,11-14,16H2,1-2H3,(H,25,28). The van der Waals surface area contributed by atoms with E-state index in [4.69, 9.17) is 5.26 Å². The van der Waals surface area contributed by atoms with Gasteiger partial charge in [-0.3, -0.25) is 9.48 Å². The van der Waals surface area contributed by atoms with Crippen molar-refractivity contribution in [2.24, 2.45) is 5.92 Å². The highest BCUT2D eigenvalue weighted by atomic mass is 16.1. The van der Waals surface area contributed by atoms with Crippen LogP contribution < -0.4 is 5.32 Å². The van der Waals surface area contributed by atoms with Crippen molar-refractivity contribution in [2.45, 2.75) is 71.4 Å². The molecule has 1 fully saturated rings. The lowest BCUT2D eigenvalue weighted by molar-refractivity contribution is -0.122. The number of benzene rings is 1. The molecule has 0 bridgehead atoms. The maximum atomic E-state index is 12.8. The van der Waals surface area contributed by atoms with E-state index in [9.17, 15) is 4.79 Å². The van der Waals surface area contributed by atoms with Gasteiger partial charge in [-0.05, 0) is 50.2 Å². The van der Waals surface area contributed by atoms with Gasteiger partial charge in [-0.2, -0.15) is 10.4 Å². The molecule has 2 aromatic rings. The monoisotopic (exact) mass is 378 g/mol. The molecular weight excluding hydrogens is 348 g/mol. The van der Waals surface area contributed by atoms with E-state index in [1.807, 2.05) is 36.7 Å².